The van der Waals surface area contributed by atoms with Gasteiger partial charge in [-0.15, -0.1) is 0 Å². The number of nitrogens with zero attached hydrogens (tertiary/aromatic N) is 4. The van der Waals surface area contributed by atoms with Crippen LogP contribution in [0.15, 0.2) is 29.3 Å². The molecule has 4 rings (SSSR count). The Morgan fingerprint density at radius 1 is 1.34 bits per heavy atom. The van der Waals surface area contributed by atoms with Gasteiger partial charge >= 0.3 is 0 Å². The van der Waals surface area contributed by atoms with Crippen LogP contribution in [-0.2, 0) is 0 Å². The normalized spacial score (nSPS) is 13.7. The smallest absolute Gasteiger partial charge is 0.277 e. The molecule has 1 amide bonds. The minimum Gasteiger partial charge on any atom is -0.373 e. The van der Waals surface area contributed by atoms with Crippen molar-refractivity contribution in [3.05, 3.63) is 46.3 Å². The summed E-state index contributed by atoms with van der Waals surface area (Å²) in [5.41, 5.74) is -0.0836. The quantitative estimate of drug-likeness (QED) is 0.587. The summed E-state index contributed by atoms with van der Waals surface area (Å²) < 4.78 is 17.3. The lowest BCUT2D eigenvalue weighted by Crippen LogP contribution is -2.26. The van der Waals surface area contributed by atoms with Crippen molar-refractivity contribution < 1.29 is 9.18 Å². The maximum Gasteiger partial charge on any atom is 0.277 e. The van der Waals surface area contributed by atoms with Gasteiger partial charge in [-0.05, 0) is 32.8 Å². The number of anilines is 3. The molecule has 1 aliphatic rings. The molecule has 3 heterocycles. The third-order valence-electron chi connectivity index (χ3n) is 4.76. The van der Waals surface area contributed by atoms with E-state index in [1.807, 2.05) is 13.8 Å². The Bertz CT molecular complexity index is 1150. The molecule has 1 aliphatic carbocycles. The van der Waals surface area contributed by atoms with Crippen molar-refractivity contribution in [2.24, 2.45) is 0 Å². The van der Waals surface area contributed by atoms with E-state index in [-0.39, 0.29) is 29.5 Å². The molecule has 0 radical (unpaired) electrons. The van der Waals surface area contributed by atoms with Gasteiger partial charge in [-0.1, -0.05) is 0 Å². The van der Waals surface area contributed by atoms with E-state index < -0.39 is 11.4 Å². The van der Waals surface area contributed by atoms with Gasteiger partial charge in [0.25, 0.3) is 11.5 Å². The van der Waals surface area contributed by atoms with Gasteiger partial charge in [0.15, 0.2) is 11.5 Å². The summed E-state index contributed by atoms with van der Waals surface area (Å²) in [7, 11) is 1.69. The molecule has 0 aliphatic heterocycles. The fourth-order valence-corrected chi connectivity index (χ4v) is 3.03. The molecule has 29 heavy (non-hydrogen) atoms. The van der Waals surface area contributed by atoms with Gasteiger partial charge in [0.2, 0.25) is 0 Å². The molecule has 3 aromatic rings. The first-order valence-corrected chi connectivity index (χ1v) is 9.44. The number of fused-ring (bicyclic) bond motifs is 1. The van der Waals surface area contributed by atoms with Crippen molar-refractivity contribution in [3.63, 3.8) is 0 Å². The van der Waals surface area contributed by atoms with E-state index in [1.165, 1.54) is 27.5 Å². The number of nitrogens with one attached hydrogen (secondary N) is 3. The van der Waals surface area contributed by atoms with E-state index in [0.29, 0.717) is 17.0 Å². The topological polar surface area (TPSA) is 105 Å². The van der Waals surface area contributed by atoms with Gasteiger partial charge in [-0.3, -0.25) is 9.59 Å². The van der Waals surface area contributed by atoms with Gasteiger partial charge in [0.05, 0.1) is 6.20 Å². The van der Waals surface area contributed by atoms with Crippen LogP contribution < -0.4 is 21.5 Å². The zero-order valence-electron chi connectivity index (χ0n) is 16.4. The second-order valence-electron chi connectivity index (χ2n) is 7.29. The Balaban J connectivity index is 1.77. The van der Waals surface area contributed by atoms with E-state index in [1.54, 1.807) is 13.1 Å². The summed E-state index contributed by atoms with van der Waals surface area (Å²) in [5.74, 6) is -0.189. The zero-order chi connectivity index (χ0) is 20.7. The predicted octanol–water partition coefficient (Wildman–Crippen LogP) is 2.29. The molecule has 3 N–H and O–H groups in total. The number of aromatic nitrogens is 4. The lowest BCUT2D eigenvalue weighted by Gasteiger charge is -2.14. The summed E-state index contributed by atoms with van der Waals surface area (Å²) in [5, 5.41) is 12.9. The van der Waals surface area contributed by atoms with Gasteiger partial charge in [-0.2, -0.15) is 9.61 Å². The number of hydrogen-bond donors (Lipinski definition) is 3. The van der Waals surface area contributed by atoms with Gasteiger partial charge in [0, 0.05) is 31.4 Å². The van der Waals surface area contributed by atoms with Gasteiger partial charge < -0.3 is 20.5 Å². The molecule has 10 heteroatoms. The molecule has 152 valence electrons. The van der Waals surface area contributed by atoms with Crippen LogP contribution in [0.4, 0.5) is 21.7 Å². The Kier molecular flexibility index (Phi) is 4.69. The highest BCUT2D eigenvalue weighted by atomic mass is 19.1. The lowest BCUT2D eigenvalue weighted by molar-refractivity contribution is 0.0952. The van der Waals surface area contributed by atoms with Crippen molar-refractivity contribution in [2.45, 2.75) is 38.8 Å². The molecule has 0 atom stereocenters. The number of carbonyl (C=O) groups is 1. The molecule has 0 bridgehead atoms. The maximum atomic E-state index is 14.4. The van der Waals surface area contributed by atoms with Crippen LogP contribution in [0.3, 0.4) is 0 Å². The number of carbonyl (C=O) groups excluding carboxylic acids is 1. The SMILES string of the molecule is CNc1cc(Nc2c(F)ccn(C(C)C)c2=O)nc2c(C(=O)NC3CC3)cnn12. The first kappa shape index (κ1) is 18.9. The third-order valence-corrected chi connectivity index (χ3v) is 4.76. The van der Waals surface area contributed by atoms with E-state index in [0.717, 1.165) is 12.8 Å². The molecular formula is C19H22FN7O2. The molecular weight excluding hydrogens is 377 g/mol. The maximum absolute atomic E-state index is 14.4. The minimum absolute atomic E-state index is 0.125. The van der Waals surface area contributed by atoms with Crippen molar-refractivity contribution in [1.82, 2.24) is 24.5 Å². The van der Waals surface area contributed by atoms with Crippen LogP contribution in [0.1, 0.15) is 43.1 Å². The molecule has 9 nitrogen and oxygen atoms in total. The number of amides is 1. The Labute approximate surface area is 165 Å². The van der Waals surface area contributed by atoms with Gasteiger partial charge in [0.1, 0.15) is 22.9 Å². The summed E-state index contributed by atoms with van der Waals surface area (Å²) in [4.78, 5) is 29.6. The fraction of sp³-hybridized carbons (Fsp3) is 0.368. The van der Waals surface area contributed by atoms with E-state index in [2.05, 4.69) is 26.0 Å². The van der Waals surface area contributed by atoms with Crippen molar-refractivity contribution in [2.75, 3.05) is 17.7 Å². The number of pyridine rings is 1. The van der Waals surface area contributed by atoms with Crippen LogP contribution in [0, 0.1) is 5.82 Å². The summed E-state index contributed by atoms with van der Waals surface area (Å²) >= 11 is 0. The highest BCUT2D eigenvalue weighted by Crippen LogP contribution is 2.24. The molecule has 0 unspecified atom stereocenters. The summed E-state index contributed by atoms with van der Waals surface area (Å²) in [6.45, 7) is 3.67. The lowest BCUT2D eigenvalue weighted by atomic mass is 10.3. The second-order valence-corrected chi connectivity index (χ2v) is 7.29. The van der Waals surface area contributed by atoms with Crippen LogP contribution in [0.2, 0.25) is 0 Å². The first-order valence-electron chi connectivity index (χ1n) is 9.44. The third kappa shape index (κ3) is 3.53. The predicted molar refractivity (Wildman–Crippen MR) is 107 cm³/mol. The zero-order valence-corrected chi connectivity index (χ0v) is 16.4. The molecule has 0 aromatic carbocycles. The monoisotopic (exact) mass is 399 g/mol. The second kappa shape index (κ2) is 7.19. The summed E-state index contributed by atoms with van der Waals surface area (Å²) in [6, 6.07) is 2.89. The largest absolute Gasteiger partial charge is 0.373 e. The minimum atomic E-state index is -0.681. The summed E-state index contributed by atoms with van der Waals surface area (Å²) in [6.07, 6.45) is 4.78. The average molecular weight is 399 g/mol. The van der Waals surface area contributed by atoms with Gasteiger partial charge in [-0.25, -0.2) is 9.37 Å². The molecule has 0 spiro atoms. The van der Waals surface area contributed by atoms with E-state index >= 15 is 0 Å². The number of rotatable bonds is 6. The number of hydrogen-bond acceptors (Lipinski definition) is 6. The van der Waals surface area contributed by atoms with Crippen molar-refractivity contribution in [3.8, 4) is 0 Å². The Morgan fingerprint density at radius 2 is 2.10 bits per heavy atom. The fourth-order valence-electron chi connectivity index (χ4n) is 3.03. The molecule has 1 saturated carbocycles. The van der Waals surface area contributed by atoms with Crippen LogP contribution in [-0.4, -0.2) is 38.2 Å². The Hall–Kier alpha value is -3.43. The average Bonchev–Trinajstić information content (AvgIpc) is 3.39. The van der Waals surface area contributed by atoms with Crippen LogP contribution in [0.5, 0.6) is 0 Å². The standard InChI is InChI=1S/C19H22FN7O2/c1-10(2)26-7-6-13(20)16(19(26)29)24-14-8-15(21-3)27-17(25-14)12(9-22-27)18(28)23-11-4-5-11/h6-11,21H,4-5H2,1-3H3,(H,23,28)(H,24,25). The number of halogens is 1. The van der Waals surface area contributed by atoms with Crippen molar-refractivity contribution >= 4 is 28.9 Å². The first-order chi connectivity index (χ1) is 13.9. The van der Waals surface area contributed by atoms with E-state index in [4.69, 9.17) is 0 Å². The highest BCUT2D eigenvalue weighted by Gasteiger charge is 2.26. The van der Waals surface area contributed by atoms with Crippen LogP contribution >= 0.6 is 0 Å². The molecule has 3 aromatic heterocycles. The van der Waals surface area contributed by atoms with E-state index in [9.17, 15) is 14.0 Å². The Morgan fingerprint density at radius 3 is 2.76 bits per heavy atom. The van der Waals surface area contributed by atoms with Crippen LogP contribution in [0.25, 0.3) is 5.65 Å². The molecule has 0 saturated heterocycles. The van der Waals surface area contributed by atoms with Crippen molar-refractivity contribution in [1.29, 1.82) is 0 Å². The highest BCUT2D eigenvalue weighted by molar-refractivity contribution is 6.00. The molecule has 1 fully saturated rings.